The van der Waals surface area contributed by atoms with E-state index in [9.17, 15) is 4.79 Å². The molecular formula is C21H22ClN3O3. The third-order valence-corrected chi connectivity index (χ3v) is 5.42. The predicted molar refractivity (Wildman–Crippen MR) is 106 cm³/mol. The van der Waals surface area contributed by atoms with Crippen LogP contribution >= 0.6 is 11.6 Å². The first-order valence-corrected chi connectivity index (χ1v) is 9.69. The Labute approximate surface area is 168 Å². The average molecular weight is 400 g/mol. The normalized spacial score (nSPS) is 20.5. The van der Waals surface area contributed by atoms with Crippen LogP contribution in [0.4, 0.5) is 0 Å². The molecule has 6 nitrogen and oxygen atoms in total. The van der Waals surface area contributed by atoms with Crippen LogP contribution in [0.3, 0.4) is 0 Å². The van der Waals surface area contributed by atoms with Crippen LogP contribution in [0.5, 0.6) is 0 Å². The summed E-state index contributed by atoms with van der Waals surface area (Å²) in [4.78, 5) is 17.2. The van der Waals surface area contributed by atoms with E-state index in [2.05, 4.69) is 23.9 Å². The van der Waals surface area contributed by atoms with Crippen molar-refractivity contribution in [2.45, 2.75) is 32.5 Å². The Kier molecular flexibility index (Phi) is 5.24. The lowest BCUT2D eigenvalue weighted by atomic mass is 10.1. The van der Waals surface area contributed by atoms with Crippen molar-refractivity contribution in [2.24, 2.45) is 0 Å². The molecule has 3 aromatic rings. The first-order valence-electron chi connectivity index (χ1n) is 9.31. The average Bonchev–Trinajstić information content (AvgIpc) is 3.36. The number of amides is 1. The molecule has 1 saturated heterocycles. The number of nitrogens with zero attached hydrogens (tertiary/aromatic N) is 3. The second-order valence-electron chi connectivity index (χ2n) is 7.25. The van der Waals surface area contributed by atoms with Crippen LogP contribution in [0.25, 0.3) is 11.3 Å². The van der Waals surface area contributed by atoms with E-state index in [0.29, 0.717) is 23.0 Å². The molecule has 0 aliphatic carbocycles. The summed E-state index contributed by atoms with van der Waals surface area (Å²) in [6.07, 6.45) is 1.69. The third kappa shape index (κ3) is 3.84. The van der Waals surface area contributed by atoms with Crippen LogP contribution in [0, 0.1) is 0 Å². The molecule has 0 saturated carbocycles. The summed E-state index contributed by atoms with van der Waals surface area (Å²) >= 11 is 5.93. The molecule has 7 heteroatoms. The zero-order chi connectivity index (χ0) is 19.7. The standard InChI is InChI=1S/C21H22ClN3O3/c1-14-12-25(15(2)11-24(14)13-18-4-3-9-27-18)21(26)19-10-20(28-23-19)16-5-7-17(22)8-6-16/h3-10,14-15H,11-13H2,1-2H3/t14-,15-/m1/s1. The first kappa shape index (κ1) is 18.8. The topological polar surface area (TPSA) is 62.7 Å². The monoisotopic (exact) mass is 399 g/mol. The van der Waals surface area contributed by atoms with E-state index in [4.69, 9.17) is 20.5 Å². The van der Waals surface area contributed by atoms with Gasteiger partial charge in [0.15, 0.2) is 11.5 Å². The van der Waals surface area contributed by atoms with Gasteiger partial charge in [-0.15, -0.1) is 0 Å². The molecule has 0 radical (unpaired) electrons. The summed E-state index contributed by atoms with van der Waals surface area (Å²) in [7, 11) is 0. The van der Waals surface area contributed by atoms with E-state index in [1.165, 1.54) is 0 Å². The lowest BCUT2D eigenvalue weighted by Crippen LogP contribution is -2.57. The highest BCUT2D eigenvalue weighted by Gasteiger charge is 2.34. The summed E-state index contributed by atoms with van der Waals surface area (Å²) in [6, 6.07) is 13.1. The Balaban J connectivity index is 1.46. The molecule has 1 amide bonds. The van der Waals surface area contributed by atoms with Crippen molar-refractivity contribution in [3.63, 3.8) is 0 Å². The van der Waals surface area contributed by atoms with Gasteiger partial charge in [-0.1, -0.05) is 16.8 Å². The minimum atomic E-state index is -0.110. The molecule has 3 heterocycles. The van der Waals surface area contributed by atoms with Crippen molar-refractivity contribution < 1.29 is 13.7 Å². The van der Waals surface area contributed by atoms with Crippen LogP contribution in [-0.4, -0.2) is 46.0 Å². The van der Waals surface area contributed by atoms with Gasteiger partial charge in [0.05, 0.1) is 12.8 Å². The van der Waals surface area contributed by atoms with Gasteiger partial charge in [-0.25, -0.2) is 0 Å². The Bertz CT molecular complexity index is 936. The highest BCUT2D eigenvalue weighted by Crippen LogP contribution is 2.25. The zero-order valence-electron chi connectivity index (χ0n) is 15.8. The molecule has 0 spiro atoms. The first-order chi connectivity index (χ1) is 13.5. The fourth-order valence-corrected chi connectivity index (χ4v) is 3.70. The number of halogens is 1. The SMILES string of the molecule is C[C@@H]1CN(C(=O)c2cc(-c3ccc(Cl)cc3)on2)[C@H](C)CN1Cc1ccco1. The van der Waals surface area contributed by atoms with E-state index in [1.54, 1.807) is 24.5 Å². The van der Waals surface area contributed by atoms with E-state index >= 15 is 0 Å². The van der Waals surface area contributed by atoms with Gasteiger partial charge in [0, 0.05) is 41.8 Å². The number of carbonyl (C=O) groups excluding carboxylic acids is 1. The summed E-state index contributed by atoms with van der Waals surface area (Å²) in [5.41, 5.74) is 1.16. The summed E-state index contributed by atoms with van der Waals surface area (Å²) < 4.78 is 10.9. The number of carbonyl (C=O) groups is 1. The quantitative estimate of drug-likeness (QED) is 0.653. The number of rotatable bonds is 4. The second-order valence-corrected chi connectivity index (χ2v) is 7.68. The molecule has 1 aliphatic rings. The maximum absolute atomic E-state index is 13.0. The van der Waals surface area contributed by atoms with Gasteiger partial charge in [0.25, 0.3) is 5.91 Å². The Morgan fingerprint density at radius 1 is 1.18 bits per heavy atom. The fourth-order valence-electron chi connectivity index (χ4n) is 3.58. The molecule has 0 N–H and O–H groups in total. The minimum Gasteiger partial charge on any atom is -0.468 e. The van der Waals surface area contributed by atoms with E-state index < -0.39 is 0 Å². The molecule has 0 bridgehead atoms. The van der Waals surface area contributed by atoms with Crippen molar-refractivity contribution in [1.29, 1.82) is 0 Å². The summed E-state index contributed by atoms with van der Waals surface area (Å²) in [5.74, 6) is 1.38. The molecular weight excluding hydrogens is 378 g/mol. The maximum Gasteiger partial charge on any atom is 0.276 e. The summed E-state index contributed by atoms with van der Waals surface area (Å²) in [6.45, 7) is 6.32. The Morgan fingerprint density at radius 2 is 1.96 bits per heavy atom. The highest BCUT2D eigenvalue weighted by molar-refractivity contribution is 6.30. The highest BCUT2D eigenvalue weighted by atomic mass is 35.5. The van der Waals surface area contributed by atoms with Crippen LogP contribution in [-0.2, 0) is 6.54 Å². The van der Waals surface area contributed by atoms with Gasteiger partial charge in [-0.3, -0.25) is 9.69 Å². The fraction of sp³-hybridized carbons (Fsp3) is 0.333. The van der Waals surface area contributed by atoms with Crippen LogP contribution in [0.2, 0.25) is 5.02 Å². The molecule has 1 fully saturated rings. The molecule has 28 heavy (non-hydrogen) atoms. The van der Waals surface area contributed by atoms with E-state index in [-0.39, 0.29) is 18.0 Å². The minimum absolute atomic E-state index is 0.0642. The molecule has 2 atom stereocenters. The lowest BCUT2D eigenvalue weighted by Gasteiger charge is -2.43. The van der Waals surface area contributed by atoms with Crippen molar-refractivity contribution in [2.75, 3.05) is 13.1 Å². The van der Waals surface area contributed by atoms with Gasteiger partial charge in [-0.2, -0.15) is 0 Å². The second kappa shape index (κ2) is 7.81. The lowest BCUT2D eigenvalue weighted by molar-refractivity contribution is 0.0262. The summed E-state index contributed by atoms with van der Waals surface area (Å²) in [5, 5.41) is 4.65. The van der Waals surface area contributed by atoms with Crippen molar-refractivity contribution in [3.8, 4) is 11.3 Å². The number of aromatic nitrogens is 1. The third-order valence-electron chi connectivity index (χ3n) is 5.17. The number of hydrogen-bond acceptors (Lipinski definition) is 5. The van der Waals surface area contributed by atoms with E-state index in [0.717, 1.165) is 24.4 Å². The van der Waals surface area contributed by atoms with Gasteiger partial charge < -0.3 is 13.8 Å². The van der Waals surface area contributed by atoms with Crippen molar-refractivity contribution in [1.82, 2.24) is 15.0 Å². The Morgan fingerprint density at radius 3 is 2.68 bits per heavy atom. The number of benzene rings is 1. The van der Waals surface area contributed by atoms with Gasteiger partial charge in [-0.05, 0) is 50.2 Å². The molecule has 0 unspecified atom stereocenters. The predicted octanol–water partition coefficient (Wildman–Crippen LogP) is 4.32. The zero-order valence-corrected chi connectivity index (χ0v) is 16.6. The van der Waals surface area contributed by atoms with Crippen LogP contribution in [0.15, 0.2) is 57.7 Å². The molecule has 2 aromatic heterocycles. The van der Waals surface area contributed by atoms with Gasteiger partial charge >= 0.3 is 0 Å². The molecule has 4 rings (SSSR count). The number of hydrogen-bond donors (Lipinski definition) is 0. The van der Waals surface area contributed by atoms with Crippen molar-refractivity contribution >= 4 is 17.5 Å². The van der Waals surface area contributed by atoms with Crippen LogP contribution in [0.1, 0.15) is 30.1 Å². The molecule has 146 valence electrons. The largest absolute Gasteiger partial charge is 0.468 e. The smallest absolute Gasteiger partial charge is 0.276 e. The molecule has 1 aliphatic heterocycles. The van der Waals surface area contributed by atoms with Crippen molar-refractivity contribution in [3.05, 3.63) is 65.2 Å². The van der Waals surface area contributed by atoms with Crippen LogP contribution < -0.4 is 0 Å². The number of furan rings is 1. The number of piperazine rings is 1. The maximum atomic E-state index is 13.0. The Hall–Kier alpha value is -2.57. The van der Waals surface area contributed by atoms with E-state index in [1.807, 2.05) is 29.2 Å². The van der Waals surface area contributed by atoms with Gasteiger partial charge in [0.2, 0.25) is 0 Å². The molecule has 1 aromatic carbocycles. The van der Waals surface area contributed by atoms with Gasteiger partial charge in [0.1, 0.15) is 5.76 Å².